The highest BCUT2D eigenvalue weighted by molar-refractivity contribution is 7.92. The van der Waals surface area contributed by atoms with Crippen molar-refractivity contribution < 1.29 is 26.3 Å². The maximum Gasteiger partial charge on any atom is 0.261 e. The summed E-state index contributed by atoms with van der Waals surface area (Å²) in [7, 11) is -7.27. The van der Waals surface area contributed by atoms with Crippen molar-refractivity contribution in [3.63, 3.8) is 0 Å². The van der Waals surface area contributed by atoms with Gasteiger partial charge in [-0.05, 0) is 49.2 Å². The second kappa shape index (κ2) is 6.56. The van der Waals surface area contributed by atoms with E-state index in [9.17, 15) is 16.8 Å². The van der Waals surface area contributed by atoms with E-state index in [1.807, 2.05) is 0 Å². The van der Waals surface area contributed by atoms with Gasteiger partial charge < -0.3 is 9.47 Å². The molecule has 1 N–H and O–H groups in total. The molecule has 2 aliphatic heterocycles. The van der Waals surface area contributed by atoms with Gasteiger partial charge in [-0.15, -0.1) is 0 Å². The number of hydrogen-bond donors (Lipinski definition) is 1. The van der Waals surface area contributed by atoms with E-state index in [0.29, 0.717) is 48.1 Å². The molecule has 1 atom stereocenters. The summed E-state index contributed by atoms with van der Waals surface area (Å²) in [6.45, 7) is 2.65. The first-order valence-electron chi connectivity index (χ1n) is 8.70. The first-order chi connectivity index (χ1) is 13.1. The first kappa shape index (κ1) is 18.9. The lowest BCUT2D eigenvalue weighted by Crippen LogP contribution is -2.34. The Kier molecular flexibility index (Phi) is 4.42. The zero-order valence-corrected chi connectivity index (χ0v) is 17.0. The van der Waals surface area contributed by atoms with E-state index in [4.69, 9.17) is 9.47 Å². The van der Waals surface area contributed by atoms with Crippen molar-refractivity contribution in [1.29, 1.82) is 0 Å². The topological polar surface area (TPSA) is 102 Å². The van der Waals surface area contributed by atoms with E-state index in [-0.39, 0.29) is 10.9 Å². The van der Waals surface area contributed by atoms with Crippen LogP contribution in [0.4, 0.5) is 11.4 Å². The van der Waals surface area contributed by atoms with Gasteiger partial charge in [-0.3, -0.25) is 9.03 Å². The van der Waals surface area contributed by atoms with Crippen LogP contribution in [0.25, 0.3) is 0 Å². The highest BCUT2D eigenvalue weighted by atomic mass is 32.2. The SMILES string of the molecule is CC1Cc2cc(S(=O)(=O)Nc3ccc4c(c3)OCCO4)ccc2N1S(C)(=O)=O. The van der Waals surface area contributed by atoms with Crippen molar-refractivity contribution in [2.45, 2.75) is 24.3 Å². The molecule has 1 unspecified atom stereocenters. The number of fused-ring (bicyclic) bond motifs is 2. The summed E-state index contributed by atoms with van der Waals surface area (Å²) in [5.41, 5.74) is 1.56. The van der Waals surface area contributed by atoms with Gasteiger partial charge in [0.1, 0.15) is 13.2 Å². The van der Waals surface area contributed by atoms with Gasteiger partial charge in [0.15, 0.2) is 11.5 Å². The number of rotatable bonds is 4. The van der Waals surface area contributed by atoms with Crippen LogP contribution in [0.15, 0.2) is 41.3 Å². The van der Waals surface area contributed by atoms with E-state index in [1.54, 1.807) is 25.1 Å². The van der Waals surface area contributed by atoms with Gasteiger partial charge in [0, 0.05) is 12.1 Å². The molecular formula is C18H20N2O6S2. The molecule has 0 radical (unpaired) electrons. The molecule has 0 aliphatic carbocycles. The highest BCUT2D eigenvalue weighted by Gasteiger charge is 2.33. The van der Waals surface area contributed by atoms with Crippen LogP contribution in [-0.4, -0.2) is 42.3 Å². The average Bonchev–Trinajstić information content (AvgIpc) is 2.96. The number of sulfonamides is 2. The molecule has 0 saturated heterocycles. The summed E-state index contributed by atoms with van der Waals surface area (Å²) in [6, 6.07) is 9.05. The van der Waals surface area contributed by atoms with Crippen molar-refractivity contribution in [1.82, 2.24) is 0 Å². The van der Waals surface area contributed by atoms with Crippen LogP contribution in [0, 0.1) is 0 Å². The zero-order chi connectivity index (χ0) is 20.1. The van der Waals surface area contributed by atoms with Gasteiger partial charge in [0.2, 0.25) is 10.0 Å². The van der Waals surface area contributed by atoms with Crippen LogP contribution in [0.2, 0.25) is 0 Å². The third kappa shape index (κ3) is 3.37. The normalized spacial score (nSPS) is 18.6. The lowest BCUT2D eigenvalue weighted by atomic mass is 10.1. The number of ether oxygens (including phenoxy) is 2. The number of benzene rings is 2. The van der Waals surface area contributed by atoms with E-state index in [2.05, 4.69) is 4.72 Å². The number of anilines is 2. The number of nitrogens with zero attached hydrogens (tertiary/aromatic N) is 1. The second-order valence-electron chi connectivity index (χ2n) is 6.87. The zero-order valence-electron chi connectivity index (χ0n) is 15.4. The predicted octanol–water partition coefficient (Wildman–Crippen LogP) is 1.97. The molecule has 2 aromatic carbocycles. The van der Waals surface area contributed by atoms with E-state index < -0.39 is 20.0 Å². The fourth-order valence-electron chi connectivity index (χ4n) is 3.57. The summed E-state index contributed by atoms with van der Waals surface area (Å²) < 4.78 is 64.4. The largest absolute Gasteiger partial charge is 0.486 e. The maximum atomic E-state index is 12.8. The summed E-state index contributed by atoms with van der Waals surface area (Å²) in [5.74, 6) is 1.06. The number of hydrogen-bond acceptors (Lipinski definition) is 6. The molecule has 2 aliphatic rings. The Morgan fingerprint density at radius 1 is 1.00 bits per heavy atom. The molecule has 2 heterocycles. The van der Waals surface area contributed by atoms with Crippen LogP contribution in [0.5, 0.6) is 11.5 Å². The minimum atomic E-state index is -3.85. The Balaban J connectivity index is 1.63. The molecule has 0 amide bonds. The molecule has 28 heavy (non-hydrogen) atoms. The van der Waals surface area contributed by atoms with E-state index >= 15 is 0 Å². The Bertz CT molecular complexity index is 1140. The Hall–Kier alpha value is -2.46. The third-order valence-electron chi connectivity index (χ3n) is 4.67. The minimum absolute atomic E-state index is 0.0729. The van der Waals surface area contributed by atoms with Crippen LogP contribution in [-0.2, 0) is 26.5 Å². The van der Waals surface area contributed by atoms with Gasteiger partial charge >= 0.3 is 0 Å². The third-order valence-corrected chi connectivity index (χ3v) is 7.32. The lowest BCUT2D eigenvalue weighted by Gasteiger charge is -2.22. The second-order valence-corrected chi connectivity index (χ2v) is 10.4. The molecular weight excluding hydrogens is 404 g/mol. The molecule has 0 spiro atoms. The van der Waals surface area contributed by atoms with Gasteiger partial charge in [-0.2, -0.15) is 0 Å². The van der Waals surface area contributed by atoms with Crippen LogP contribution in [0.3, 0.4) is 0 Å². The molecule has 0 saturated carbocycles. The predicted molar refractivity (Wildman–Crippen MR) is 105 cm³/mol. The fraction of sp³-hybridized carbons (Fsp3) is 0.333. The van der Waals surface area contributed by atoms with E-state index in [0.717, 1.165) is 6.26 Å². The first-order valence-corrected chi connectivity index (χ1v) is 12.0. The maximum absolute atomic E-state index is 12.8. The molecule has 0 bridgehead atoms. The monoisotopic (exact) mass is 424 g/mol. The lowest BCUT2D eigenvalue weighted by molar-refractivity contribution is 0.171. The van der Waals surface area contributed by atoms with Crippen molar-refractivity contribution in [2.75, 3.05) is 28.5 Å². The molecule has 150 valence electrons. The van der Waals surface area contributed by atoms with Crippen LogP contribution >= 0.6 is 0 Å². The highest BCUT2D eigenvalue weighted by Crippen LogP contribution is 2.37. The van der Waals surface area contributed by atoms with E-state index in [1.165, 1.54) is 22.5 Å². The van der Waals surface area contributed by atoms with Crippen molar-refractivity contribution in [3.8, 4) is 11.5 Å². The number of nitrogens with one attached hydrogen (secondary N) is 1. The molecule has 0 aromatic heterocycles. The van der Waals surface area contributed by atoms with Crippen LogP contribution < -0.4 is 18.5 Å². The average molecular weight is 425 g/mol. The summed E-state index contributed by atoms with van der Waals surface area (Å²) in [5, 5.41) is 0. The van der Waals surface area contributed by atoms with Gasteiger partial charge in [0.25, 0.3) is 10.0 Å². The standard InChI is InChI=1S/C18H20N2O6S2/c1-12-9-13-10-15(4-5-16(13)20(12)27(2,21)22)28(23,24)19-14-3-6-17-18(11-14)26-8-7-25-17/h3-6,10-12,19H,7-9H2,1-2H3. The Labute approximate surface area is 164 Å². The summed E-state index contributed by atoms with van der Waals surface area (Å²) in [4.78, 5) is 0.0729. The molecule has 0 fully saturated rings. The quantitative estimate of drug-likeness (QED) is 0.805. The fourth-order valence-corrected chi connectivity index (χ4v) is 5.94. The summed E-state index contributed by atoms with van der Waals surface area (Å²) in [6.07, 6.45) is 1.60. The van der Waals surface area contributed by atoms with Crippen molar-refractivity contribution >= 4 is 31.4 Å². The van der Waals surface area contributed by atoms with Crippen molar-refractivity contribution in [2.24, 2.45) is 0 Å². The smallest absolute Gasteiger partial charge is 0.261 e. The van der Waals surface area contributed by atoms with Crippen molar-refractivity contribution in [3.05, 3.63) is 42.0 Å². The van der Waals surface area contributed by atoms with Gasteiger partial charge in [-0.1, -0.05) is 0 Å². The molecule has 4 rings (SSSR count). The van der Waals surface area contributed by atoms with Crippen LogP contribution in [0.1, 0.15) is 12.5 Å². The minimum Gasteiger partial charge on any atom is -0.486 e. The van der Waals surface area contributed by atoms with Gasteiger partial charge in [-0.25, -0.2) is 16.8 Å². The molecule has 8 nitrogen and oxygen atoms in total. The summed E-state index contributed by atoms with van der Waals surface area (Å²) >= 11 is 0. The Morgan fingerprint density at radius 3 is 2.43 bits per heavy atom. The van der Waals surface area contributed by atoms with Gasteiger partial charge in [0.05, 0.1) is 22.5 Å². The molecule has 10 heteroatoms. The molecule has 2 aromatic rings. The Morgan fingerprint density at radius 2 is 1.71 bits per heavy atom.